The van der Waals surface area contributed by atoms with E-state index in [0.717, 1.165) is 0 Å². The second-order valence-corrected chi connectivity index (χ2v) is 4.35. The molecular formula is C13H16N4O3. The SMILES string of the molecule is NC(=O)c1cnn(CC(O)COc2ccc(N)cc2)c1. The highest BCUT2D eigenvalue weighted by Gasteiger charge is 2.09. The molecule has 106 valence electrons. The predicted molar refractivity (Wildman–Crippen MR) is 73.1 cm³/mol. The van der Waals surface area contributed by atoms with E-state index in [4.69, 9.17) is 16.2 Å². The van der Waals surface area contributed by atoms with Crippen LogP contribution in [-0.4, -0.2) is 33.5 Å². The van der Waals surface area contributed by atoms with E-state index < -0.39 is 12.0 Å². The zero-order valence-corrected chi connectivity index (χ0v) is 10.8. The van der Waals surface area contributed by atoms with Gasteiger partial charge in [0.1, 0.15) is 18.5 Å². The minimum absolute atomic E-state index is 0.107. The third-order valence-corrected chi connectivity index (χ3v) is 2.64. The molecule has 0 aliphatic carbocycles. The van der Waals surface area contributed by atoms with Crippen LogP contribution in [0.2, 0.25) is 0 Å². The maximum Gasteiger partial charge on any atom is 0.251 e. The smallest absolute Gasteiger partial charge is 0.251 e. The second-order valence-electron chi connectivity index (χ2n) is 4.35. The van der Waals surface area contributed by atoms with E-state index >= 15 is 0 Å². The molecule has 0 bridgehead atoms. The number of aromatic nitrogens is 2. The van der Waals surface area contributed by atoms with Crippen LogP contribution in [-0.2, 0) is 6.54 Å². The Morgan fingerprint density at radius 2 is 2.10 bits per heavy atom. The summed E-state index contributed by atoms with van der Waals surface area (Å²) in [6.07, 6.45) is 2.08. The Bertz CT molecular complexity index is 580. The average Bonchev–Trinajstić information content (AvgIpc) is 2.87. The fraction of sp³-hybridized carbons (Fsp3) is 0.231. The monoisotopic (exact) mass is 276 g/mol. The van der Waals surface area contributed by atoms with Crippen LogP contribution in [0.3, 0.4) is 0 Å². The van der Waals surface area contributed by atoms with E-state index in [1.165, 1.54) is 17.1 Å². The topological polar surface area (TPSA) is 116 Å². The van der Waals surface area contributed by atoms with Crippen LogP contribution in [0, 0.1) is 0 Å². The largest absolute Gasteiger partial charge is 0.491 e. The molecule has 1 unspecified atom stereocenters. The standard InChI is InChI=1S/C13H16N4O3/c14-10-1-3-12(4-2-10)20-8-11(18)7-17-6-9(5-16-17)13(15)19/h1-6,11,18H,7-8,14H2,(H2,15,19). The van der Waals surface area contributed by atoms with Gasteiger partial charge in [-0.3, -0.25) is 9.48 Å². The highest BCUT2D eigenvalue weighted by atomic mass is 16.5. The first-order valence-electron chi connectivity index (χ1n) is 6.03. The van der Waals surface area contributed by atoms with Gasteiger partial charge in [0.05, 0.1) is 18.3 Å². The van der Waals surface area contributed by atoms with Crippen molar-refractivity contribution in [3.05, 3.63) is 42.2 Å². The normalized spacial score (nSPS) is 12.1. The molecule has 0 saturated carbocycles. The van der Waals surface area contributed by atoms with Gasteiger partial charge < -0.3 is 21.3 Å². The highest BCUT2D eigenvalue weighted by molar-refractivity contribution is 5.92. The van der Waals surface area contributed by atoms with Gasteiger partial charge in [0.25, 0.3) is 5.91 Å². The molecule has 7 nitrogen and oxygen atoms in total. The number of hydrogen-bond donors (Lipinski definition) is 3. The molecule has 0 radical (unpaired) electrons. The van der Waals surface area contributed by atoms with Crippen molar-refractivity contribution in [1.29, 1.82) is 0 Å². The van der Waals surface area contributed by atoms with Gasteiger partial charge in [-0.1, -0.05) is 0 Å². The number of primary amides is 1. The van der Waals surface area contributed by atoms with Crippen molar-refractivity contribution in [1.82, 2.24) is 9.78 Å². The summed E-state index contributed by atoms with van der Waals surface area (Å²) < 4.78 is 6.85. The zero-order valence-electron chi connectivity index (χ0n) is 10.8. The third kappa shape index (κ3) is 3.72. The maximum absolute atomic E-state index is 10.9. The summed E-state index contributed by atoms with van der Waals surface area (Å²) in [7, 11) is 0. The highest BCUT2D eigenvalue weighted by Crippen LogP contribution is 2.13. The van der Waals surface area contributed by atoms with Gasteiger partial charge in [0.15, 0.2) is 0 Å². The summed E-state index contributed by atoms with van der Waals surface area (Å²) in [6.45, 7) is 0.317. The Morgan fingerprint density at radius 3 is 2.70 bits per heavy atom. The van der Waals surface area contributed by atoms with Crippen molar-refractivity contribution < 1.29 is 14.6 Å². The van der Waals surface area contributed by atoms with Gasteiger partial charge in [0.2, 0.25) is 0 Å². The second kappa shape index (κ2) is 6.07. The summed E-state index contributed by atoms with van der Waals surface area (Å²) in [5.74, 6) is 0.0698. The molecule has 1 aromatic carbocycles. The van der Waals surface area contributed by atoms with Gasteiger partial charge >= 0.3 is 0 Å². The Hall–Kier alpha value is -2.54. The third-order valence-electron chi connectivity index (χ3n) is 2.64. The molecule has 0 aliphatic rings. The van der Waals surface area contributed by atoms with Crippen LogP contribution in [0.25, 0.3) is 0 Å². The van der Waals surface area contributed by atoms with Crippen LogP contribution < -0.4 is 16.2 Å². The number of benzene rings is 1. The Morgan fingerprint density at radius 1 is 1.40 bits per heavy atom. The quantitative estimate of drug-likeness (QED) is 0.642. The average molecular weight is 276 g/mol. The number of ether oxygens (including phenoxy) is 1. The maximum atomic E-state index is 10.9. The lowest BCUT2D eigenvalue weighted by Gasteiger charge is -2.12. The molecule has 1 amide bonds. The van der Waals surface area contributed by atoms with Gasteiger partial charge in [-0.05, 0) is 24.3 Å². The lowest BCUT2D eigenvalue weighted by molar-refractivity contribution is 0.0891. The summed E-state index contributed by atoms with van der Waals surface area (Å²) in [5, 5.41) is 13.8. The molecule has 7 heteroatoms. The number of nitrogen functional groups attached to an aromatic ring is 1. The number of amides is 1. The lowest BCUT2D eigenvalue weighted by Crippen LogP contribution is -2.24. The number of rotatable bonds is 6. The summed E-state index contributed by atoms with van der Waals surface area (Å²) >= 11 is 0. The minimum atomic E-state index is -0.756. The predicted octanol–water partition coefficient (Wildman–Crippen LogP) is 0.00410. The first-order valence-corrected chi connectivity index (χ1v) is 6.03. The van der Waals surface area contributed by atoms with Gasteiger partial charge in [-0.25, -0.2) is 0 Å². The van der Waals surface area contributed by atoms with Crippen LogP contribution in [0.15, 0.2) is 36.7 Å². The molecule has 0 aliphatic heterocycles. The van der Waals surface area contributed by atoms with Crippen LogP contribution in [0.5, 0.6) is 5.75 Å². The molecule has 2 rings (SSSR count). The fourth-order valence-corrected chi connectivity index (χ4v) is 1.62. The van der Waals surface area contributed by atoms with E-state index in [-0.39, 0.29) is 13.2 Å². The number of aliphatic hydroxyl groups is 1. The molecule has 0 saturated heterocycles. The summed E-state index contributed by atoms with van der Waals surface area (Å²) in [5.41, 5.74) is 11.6. The van der Waals surface area contributed by atoms with Crippen molar-refractivity contribution in [3.8, 4) is 5.75 Å². The number of carbonyl (C=O) groups is 1. The summed E-state index contributed by atoms with van der Waals surface area (Å²) in [4.78, 5) is 10.9. The van der Waals surface area contributed by atoms with Crippen molar-refractivity contribution in [2.24, 2.45) is 5.73 Å². The molecule has 1 aromatic heterocycles. The molecular weight excluding hydrogens is 260 g/mol. The minimum Gasteiger partial charge on any atom is -0.491 e. The fourth-order valence-electron chi connectivity index (χ4n) is 1.62. The number of nitrogens with zero attached hydrogens (tertiary/aromatic N) is 2. The number of aliphatic hydroxyl groups excluding tert-OH is 1. The number of carbonyl (C=O) groups excluding carboxylic acids is 1. The van der Waals surface area contributed by atoms with E-state index in [1.807, 2.05) is 0 Å². The molecule has 0 spiro atoms. The van der Waals surface area contributed by atoms with Crippen LogP contribution >= 0.6 is 0 Å². The van der Waals surface area contributed by atoms with Crippen molar-refractivity contribution >= 4 is 11.6 Å². The number of nitrogens with two attached hydrogens (primary N) is 2. The van der Waals surface area contributed by atoms with E-state index in [2.05, 4.69) is 5.10 Å². The first kappa shape index (κ1) is 13.9. The van der Waals surface area contributed by atoms with Gasteiger partial charge in [0, 0.05) is 11.9 Å². The molecule has 1 heterocycles. The van der Waals surface area contributed by atoms with Crippen molar-refractivity contribution in [2.75, 3.05) is 12.3 Å². The first-order chi connectivity index (χ1) is 9.54. The Balaban J connectivity index is 1.84. The van der Waals surface area contributed by atoms with Crippen LogP contribution in [0.4, 0.5) is 5.69 Å². The van der Waals surface area contributed by atoms with Crippen LogP contribution in [0.1, 0.15) is 10.4 Å². The number of anilines is 1. The Kier molecular flexibility index (Phi) is 4.21. The van der Waals surface area contributed by atoms with Crippen molar-refractivity contribution in [2.45, 2.75) is 12.6 Å². The van der Waals surface area contributed by atoms with E-state index in [0.29, 0.717) is 17.0 Å². The molecule has 1 atom stereocenters. The lowest BCUT2D eigenvalue weighted by atomic mass is 10.3. The summed E-state index contributed by atoms with van der Waals surface area (Å²) in [6, 6.07) is 6.88. The molecule has 20 heavy (non-hydrogen) atoms. The van der Waals surface area contributed by atoms with E-state index in [1.54, 1.807) is 24.3 Å². The zero-order chi connectivity index (χ0) is 14.5. The number of hydrogen-bond acceptors (Lipinski definition) is 5. The van der Waals surface area contributed by atoms with Gasteiger partial charge in [-0.15, -0.1) is 0 Å². The molecule has 5 N–H and O–H groups in total. The Labute approximate surface area is 115 Å². The van der Waals surface area contributed by atoms with E-state index in [9.17, 15) is 9.90 Å². The van der Waals surface area contributed by atoms with Gasteiger partial charge in [-0.2, -0.15) is 5.10 Å². The molecule has 0 fully saturated rings. The van der Waals surface area contributed by atoms with Crippen molar-refractivity contribution in [3.63, 3.8) is 0 Å². The molecule has 2 aromatic rings.